The van der Waals surface area contributed by atoms with Crippen molar-refractivity contribution in [3.63, 3.8) is 0 Å². The van der Waals surface area contributed by atoms with E-state index >= 15 is 0 Å². The summed E-state index contributed by atoms with van der Waals surface area (Å²) in [7, 11) is 0. The molecular weight excluding hydrogens is 378 g/mol. The Balaban J connectivity index is 1.60. The van der Waals surface area contributed by atoms with E-state index in [-0.39, 0.29) is 24.4 Å². The van der Waals surface area contributed by atoms with Gasteiger partial charge >= 0.3 is 0 Å². The third-order valence-electron chi connectivity index (χ3n) is 6.21. The Hall–Kier alpha value is -2.86. The fraction of sp³-hybridized carbons (Fsp3) is 0.417. The third kappa shape index (κ3) is 3.92. The zero-order chi connectivity index (χ0) is 21.1. The second kappa shape index (κ2) is 8.88. The molecule has 2 heterocycles. The van der Waals surface area contributed by atoms with Gasteiger partial charge in [-0.2, -0.15) is 0 Å². The number of likely N-dealkylation sites (tertiary alicyclic amines) is 1. The second-order valence-corrected chi connectivity index (χ2v) is 8.23. The Bertz CT molecular complexity index is 966. The molecule has 2 aromatic rings. The van der Waals surface area contributed by atoms with E-state index in [1.165, 1.54) is 16.3 Å². The lowest BCUT2D eigenvalue weighted by molar-refractivity contribution is -0.157. The molecule has 2 aliphatic heterocycles. The molecule has 0 aliphatic carbocycles. The predicted octanol–water partition coefficient (Wildman–Crippen LogP) is 4.25. The highest BCUT2D eigenvalue weighted by Crippen LogP contribution is 2.37. The van der Waals surface area contributed by atoms with E-state index in [2.05, 4.69) is 48.6 Å². The number of hydroxylamine groups is 2. The van der Waals surface area contributed by atoms with Crippen molar-refractivity contribution in [1.29, 1.82) is 0 Å². The number of carbonyl (C=O) groups is 2. The molecule has 2 N–H and O–H groups in total. The lowest BCUT2D eigenvalue weighted by Gasteiger charge is -2.33. The van der Waals surface area contributed by atoms with Crippen molar-refractivity contribution in [2.24, 2.45) is 5.92 Å². The molecule has 0 unspecified atom stereocenters. The summed E-state index contributed by atoms with van der Waals surface area (Å²) in [6.07, 6.45) is 6.90. The van der Waals surface area contributed by atoms with Crippen LogP contribution in [0.1, 0.15) is 44.6 Å². The predicted molar refractivity (Wildman–Crippen MR) is 118 cm³/mol. The molecular formula is C24H29N3O3. The first-order valence-electron chi connectivity index (χ1n) is 10.8. The number of hydrogen-bond donors (Lipinski definition) is 2. The summed E-state index contributed by atoms with van der Waals surface area (Å²) in [5.74, 6) is -0.368. The molecule has 1 saturated heterocycles. The Kier molecular flexibility index (Phi) is 6.04. The van der Waals surface area contributed by atoms with Crippen LogP contribution in [0.5, 0.6) is 0 Å². The van der Waals surface area contributed by atoms with E-state index in [1.54, 1.807) is 0 Å². The average molecular weight is 408 g/mol. The monoisotopic (exact) mass is 407 g/mol. The fourth-order valence-corrected chi connectivity index (χ4v) is 4.73. The van der Waals surface area contributed by atoms with Crippen molar-refractivity contribution in [1.82, 2.24) is 9.96 Å². The van der Waals surface area contributed by atoms with Gasteiger partial charge in [-0.3, -0.25) is 14.8 Å². The maximum absolute atomic E-state index is 13.4. The number of unbranched alkanes of at least 4 members (excludes halogenated alkanes) is 1. The van der Waals surface area contributed by atoms with E-state index in [0.717, 1.165) is 37.1 Å². The molecule has 2 atom stereocenters. The Morgan fingerprint density at radius 1 is 1.33 bits per heavy atom. The maximum atomic E-state index is 13.4. The standard InChI is InChI=1S/C24H29N3O3/c1-2-3-7-19(15-26(30)16-28)24(29)27-13-6-12-22(27)21-14-18-10-4-8-17-9-5-11-20(25-21)23(17)18/h4-5,8-11,14,16,19,22,25,30H,2-3,6-7,12-13,15H2,1H3/t19-,22-/m0/s1. The Morgan fingerprint density at radius 2 is 2.13 bits per heavy atom. The molecule has 2 amide bonds. The third-order valence-corrected chi connectivity index (χ3v) is 6.21. The normalized spacial score (nSPS) is 18.7. The van der Waals surface area contributed by atoms with Gasteiger partial charge in [-0.1, -0.05) is 50.1 Å². The highest BCUT2D eigenvalue weighted by atomic mass is 16.5. The van der Waals surface area contributed by atoms with Gasteiger partial charge in [0.25, 0.3) is 0 Å². The maximum Gasteiger partial charge on any atom is 0.233 e. The smallest absolute Gasteiger partial charge is 0.233 e. The van der Waals surface area contributed by atoms with Crippen molar-refractivity contribution < 1.29 is 14.8 Å². The number of carbonyl (C=O) groups excluding carboxylic acids is 2. The van der Waals surface area contributed by atoms with Crippen LogP contribution in [0, 0.1) is 5.92 Å². The highest BCUT2D eigenvalue weighted by Gasteiger charge is 2.36. The highest BCUT2D eigenvalue weighted by molar-refractivity contribution is 6.03. The van der Waals surface area contributed by atoms with Gasteiger partial charge in [0, 0.05) is 23.3 Å². The summed E-state index contributed by atoms with van der Waals surface area (Å²) in [5.41, 5.74) is 3.28. The van der Waals surface area contributed by atoms with Gasteiger partial charge in [0.05, 0.1) is 18.5 Å². The summed E-state index contributed by atoms with van der Waals surface area (Å²) < 4.78 is 0. The van der Waals surface area contributed by atoms with Crippen LogP contribution in [0.25, 0.3) is 16.8 Å². The van der Waals surface area contributed by atoms with E-state index in [0.29, 0.717) is 24.4 Å². The first kappa shape index (κ1) is 20.4. The van der Waals surface area contributed by atoms with Gasteiger partial charge in [0.15, 0.2) is 0 Å². The van der Waals surface area contributed by atoms with E-state index in [9.17, 15) is 14.8 Å². The molecule has 2 aliphatic rings. The van der Waals surface area contributed by atoms with Gasteiger partial charge in [-0.15, -0.1) is 0 Å². The number of nitrogens with zero attached hydrogens (tertiary/aromatic N) is 2. The average Bonchev–Trinajstić information content (AvgIpc) is 3.26. The minimum atomic E-state index is -0.388. The number of rotatable bonds is 8. The Labute approximate surface area is 177 Å². The van der Waals surface area contributed by atoms with Crippen LogP contribution in [0.4, 0.5) is 5.69 Å². The first-order valence-corrected chi connectivity index (χ1v) is 10.8. The molecule has 158 valence electrons. The van der Waals surface area contributed by atoms with Crippen LogP contribution in [-0.2, 0) is 9.59 Å². The van der Waals surface area contributed by atoms with Crippen molar-refractivity contribution in [3.05, 3.63) is 47.7 Å². The quantitative estimate of drug-likeness (QED) is 0.390. The van der Waals surface area contributed by atoms with Gasteiger partial charge in [-0.05, 0) is 42.4 Å². The molecule has 0 radical (unpaired) electrons. The molecule has 0 aromatic heterocycles. The van der Waals surface area contributed by atoms with Crippen LogP contribution >= 0.6 is 0 Å². The van der Waals surface area contributed by atoms with E-state index < -0.39 is 0 Å². The molecule has 6 heteroatoms. The molecule has 0 spiro atoms. The van der Waals surface area contributed by atoms with Crippen LogP contribution in [0.3, 0.4) is 0 Å². The minimum Gasteiger partial charge on any atom is -0.357 e. The number of hydrogen-bond acceptors (Lipinski definition) is 4. The molecule has 6 nitrogen and oxygen atoms in total. The molecule has 1 fully saturated rings. The van der Waals surface area contributed by atoms with Gasteiger partial charge < -0.3 is 10.2 Å². The van der Waals surface area contributed by atoms with Crippen molar-refractivity contribution in [2.45, 2.75) is 45.1 Å². The molecule has 0 saturated carbocycles. The molecule has 2 aromatic carbocycles. The Morgan fingerprint density at radius 3 is 2.90 bits per heavy atom. The fourth-order valence-electron chi connectivity index (χ4n) is 4.73. The van der Waals surface area contributed by atoms with Crippen LogP contribution < -0.4 is 5.32 Å². The van der Waals surface area contributed by atoms with Gasteiger partial charge in [0.1, 0.15) is 0 Å². The summed E-state index contributed by atoms with van der Waals surface area (Å²) in [4.78, 5) is 26.3. The second-order valence-electron chi connectivity index (χ2n) is 8.23. The SMILES string of the molecule is CCCC[C@@H](CN(O)C=O)C(=O)N1CCC[C@H]1C1=Cc2cccc3cccc(c23)N1. The molecule has 0 bridgehead atoms. The number of benzene rings is 2. The largest absolute Gasteiger partial charge is 0.357 e. The molecule has 4 rings (SSSR count). The topological polar surface area (TPSA) is 72.9 Å². The zero-order valence-corrected chi connectivity index (χ0v) is 17.4. The van der Waals surface area contributed by atoms with E-state index in [4.69, 9.17) is 0 Å². The number of amides is 2. The van der Waals surface area contributed by atoms with Crippen molar-refractivity contribution >= 4 is 34.9 Å². The zero-order valence-electron chi connectivity index (χ0n) is 17.4. The first-order chi connectivity index (χ1) is 14.6. The van der Waals surface area contributed by atoms with Gasteiger partial charge in [0.2, 0.25) is 12.3 Å². The summed E-state index contributed by atoms with van der Waals surface area (Å²) in [5, 5.41) is 16.3. The van der Waals surface area contributed by atoms with E-state index in [1.807, 2.05) is 11.0 Å². The summed E-state index contributed by atoms with van der Waals surface area (Å²) in [6.45, 7) is 2.81. The van der Waals surface area contributed by atoms with Crippen LogP contribution in [0.2, 0.25) is 0 Å². The minimum absolute atomic E-state index is 0.0198. The lowest BCUT2D eigenvalue weighted by atomic mass is 9.95. The summed E-state index contributed by atoms with van der Waals surface area (Å²) >= 11 is 0. The van der Waals surface area contributed by atoms with Gasteiger partial charge in [-0.25, -0.2) is 5.06 Å². The number of anilines is 1. The molecule has 30 heavy (non-hydrogen) atoms. The van der Waals surface area contributed by atoms with Crippen LogP contribution in [0.15, 0.2) is 42.1 Å². The van der Waals surface area contributed by atoms with Crippen molar-refractivity contribution in [3.8, 4) is 0 Å². The van der Waals surface area contributed by atoms with Crippen molar-refractivity contribution in [2.75, 3.05) is 18.4 Å². The number of nitrogens with one attached hydrogen (secondary N) is 1. The summed E-state index contributed by atoms with van der Waals surface area (Å²) in [6, 6.07) is 12.5. The van der Waals surface area contributed by atoms with Crippen LogP contribution in [-0.4, -0.2) is 46.6 Å². The lowest BCUT2D eigenvalue weighted by Crippen LogP contribution is -2.44.